The van der Waals surface area contributed by atoms with Crippen molar-refractivity contribution in [2.24, 2.45) is 0 Å². The molecule has 106 valence electrons. The van der Waals surface area contributed by atoms with Crippen LogP contribution < -0.4 is 5.32 Å². The van der Waals surface area contributed by atoms with Gasteiger partial charge in [0.1, 0.15) is 0 Å². The number of hydrogen-bond acceptors (Lipinski definition) is 3. The van der Waals surface area contributed by atoms with Gasteiger partial charge in [0.2, 0.25) is 0 Å². The minimum absolute atomic E-state index is 0.0423. The fourth-order valence-electron chi connectivity index (χ4n) is 2.94. The summed E-state index contributed by atoms with van der Waals surface area (Å²) in [6.45, 7) is 4.56. The predicted octanol–water partition coefficient (Wildman–Crippen LogP) is 1.30. The number of nitrogens with zero attached hydrogens (tertiary/aromatic N) is 1. The molecule has 0 radical (unpaired) electrons. The van der Waals surface area contributed by atoms with Crippen LogP contribution in [0.5, 0.6) is 0 Å². The fraction of sp³-hybridized carbons (Fsp3) is 0.786. The zero-order valence-corrected chi connectivity index (χ0v) is 11.3. The van der Waals surface area contributed by atoms with Gasteiger partial charge in [0.15, 0.2) is 0 Å². The first kappa shape index (κ1) is 12.9. The Hall–Kier alpha value is -1.07. The molecule has 5 nitrogen and oxygen atoms in total. The second kappa shape index (κ2) is 5.51. The van der Waals surface area contributed by atoms with Gasteiger partial charge in [0.05, 0.1) is 25.4 Å². The van der Waals surface area contributed by atoms with Crippen LogP contribution in [0.2, 0.25) is 0 Å². The molecule has 0 atom stereocenters. The van der Waals surface area contributed by atoms with Crippen molar-refractivity contribution in [3.05, 3.63) is 11.6 Å². The molecule has 0 saturated carbocycles. The van der Waals surface area contributed by atoms with Gasteiger partial charge < -0.3 is 19.7 Å². The van der Waals surface area contributed by atoms with Crippen LogP contribution in [0.3, 0.4) is 0 Å². The zero-order chi connectivity index (χ0) is 13.1. The summed E-state index contributed by atoms with van der Waals surface area (Å²) in [7, 11) is 0. The van der Waals surface area contributed by atoms with Crippen molar-refractivity contribution in [2.75, 3.05) is 39.5 Å². The molecule has 2 saturated heterocycles. The van der Waals surface area contributed by atoms with E-state index in [0.29, 0.717) is 13.2 Å². The van der Waals surface area contributed by atoms with E-state index >= 15 is 0 Å². The van der Waals surface area contributed by atoms with Gasteiger partial charge in [-0.1, -0.05) is 6.08 Å². The minimum atomic E-state index is 0.0423. The Balaban J connectivity index is 1.42. The second-order valence-corrected chi connectivity index (χ2v) is 5.63. The molecule has 1 spiro atoms. The molecule has 0 unspecified atom stereocenters. The fourth-order valence-corrected chi connectivity index (χ4v) is 2.94. The molecule has 0 aromatic heterocycles. The van der Waals surface area contributed by atoms with Gasteiger partial charge in [-0.25, -0.2) is 4.79 Å². The van der Waals surface area contributed by atoms with E-state index < -0.39 is 0 Å². The van der Waals surface area contributed by atoms with Crippen molar-refractivity contribution in [1.29, 1.82) is 0 Å². The van der Waals surface area contributed by atoms with Crippen LogP contribution in [-0.4, -0.2) is 56.0 Å². The standard InChI is InChI=1S/C14H22N2O3/c17-13(15-10-12-2-1-8-18-11-12)16-6-3-14(4-7-16)5-9-19-14/h2H,1,3-11H2,(H,15,17). The lowest BCUT2D eigenvalue weighted by Gasteiger charge is -2.47. The van der Waals surface area contributed by atoms with Gasteiger partial charge in [-0.3, -0.25) is 0 Å². The average Bonchev–Trinajstić information content (AvgIpc) is 2.44. The normalized spacial score (nSPS) is 25.7. The second-order valence-electron chi connectivity index (χ2n) is 5.63. The summed E-state index contributed by atoms with van der Waals surface area (Å²) in [6, 6.07) is 0.0423. The molecule has 0 aromatic rings. The number of hydrogen-bond donors (Lipinski definition) is 1. The number of rotatable bonds is 2. The Morgan fingerprint density at radius 3 is 2.68 bits per heavy atom. The van der Waals surface area contributed by atoms with E-state index in [0.717, 1.165) is 52.0 Å². The summed E-state index contributed by atoms with van der Waals surface area (Å²) in [6.07, 6.45) is 6.23. The molecule has 5 heteroatoms. The Bertz CT molecular complexity index is 367. The molecule has 2 amide bonds. The number of ether oxygens (including phenoxy) is 2. The predicted molar refractivity (Wildman–Crippen MR) is 71.0 cm³/mol. The monoisotopic (exact) mass is 266 g/mol. The van der Waals surface area contributed by atoms with Gasteiger partial charge >= 0.3 is 6.03 Å². The summed E-state index contributed by atoms with van der Waals surface area (Å²) in [5.41, 5.74) is 1.28. The highest BCUT2D eigenvalue weighted by atomic mass is 16.5. The van der Waals surface area contributed by atoms with Crippen LogP contribution in [0, 0.1) is 0 Å². The van der Waals surface area contributed by atoms with Gasteiger partial charge in [0.25, 0.3) is 0 Å². The van der Waals surface area contributed by atoms with Crippen molar-refractivity contribution in [3.8, 4) is 0 Å². The minimum Gasteiger partial charge on any atom is -0.377 e. The smallest absolute Gasteiger partial charge is 0.317 e. The third-order valence-corrected chi connectivity index (χ3v) is 4.38. The maximum atomic E-state index is 12.1. The molecule has 1 N–H and O–H groups in total. The van der Waals surface area contributed by atoms with Crippen molar-refractivity contribution < 1.29 is 14.3 Å². The number of nitrogens with one attached hydrogen (secondary N) is 1. The Labute approximate surface area is 113 Å². The van der Waals surface area contributed by atoms with E-state index in [1.807, 2.05) is 4.90 Å². The summed E-state index contributed by atoms with van der Waals surface area (Å²) in [5, 5.41) is 2.98. The first-order valence-corrected chi connectivity index (χ1v) is 7.20. The van der Waals surface area contributed by atoms with Gasteiger partial charge in [0, 0.05) is 19.6 Å². The Morgan fingerprint density at radius 1 is 1.32 bits per heavy atom. The maximum absolute atomic E-state index is 12.1. The Kier molecular flexibility index (Phi) is 3.75. The lowest BCUT2D eigenvalue weighted by molar-refractivity contribution is -0.169. The van der Waals surface area contributed by atoms with E-state index in [1.165, 1.54) is 5.57 Å². The number of urea groups is 1. The molecule has 0 aromatic carbocycles. The van der Waals surface area contributed by atoms with E-state index in [4.69, 9.17) is 9.47 Å². The van der Waals surface area contributed by atoms with Crippen molar-refractivity contribution >= 4 is 6.03 Å². The molecule has 0 aliphatic carbocycles. The van der Waals surface area contributed by atoms with E-state index in [2.05, 4.69) is 11.4 Å². The van der Waals surface area contributed by atoms with Crippen LogP contribution in [0.4, 0.5) is 4.79 Å². The van der Waals surface area contributed by atoms with E-state index in [9.17, 15) is 4.79 Å². The number of likely N-dealkylation sites (tertiary alicyclic amines) is 1. The van der Waals surface area contributed by atoms with E-state index in [-0.39, 0.29) is 11.6 Å². The Morgan fingerprint density at radius 2 is 2.11 bits per heavy atom. The quantitative estimate of drug-likeness (QED) is 0.766. The van der Waals surface area contributed by atoms with Crippen molar-refractivity contribution in [2.45, 2.75) is 31.3 Å². The van der Waals surface area contributed by atoms with E-state index in [1.54, 1.807) is 0 Å². The third kappa shape index (κ3) is 2.92. The molecule has 19 heavy (non-hydrogen) atoms. The summed E-state index contributed by atoms with van der Waals surface area (Å²) >= 11 is 0. The van der Waals surface area contributed by atoms with Crippen molar-refractivity contribution in [3.63, 3.8) is 0 Å². The highest BCUT2D eigenvalue weighted by Gasteiger charge is 2.41. The molecule has 3 rings (SSSR count). The highest BCUT2D eigenvalue weighted by molar-refractivity contribution is 5.74. The van der Waals surface area contributed by atoms with Crippen LogP contribution in [-0.2, 0) is 9.47 Å². The molecule has 3 heterocycles. The van der Waals surface area contributed by atoms with Crippen LogP contribution >= 0.6 is 0 Å². The summed E-state index contributed by atoms with van der Waals surface area (Å²) in [4.78, 5) is 14.0. The highest BCUT2D eigenvalue weighted by Crippen LogP contribution is 2.36. The summed E-state index contributed by atoms with van der Waals surface area (Å²) in [5.74, 6) is 0. The lowest BCUT2D eigenvalue weighted by Crippen LogP contribution is -2.55. The molecule has 3 aliphatic rings. The molecule has 2 fully saturated rings. The van der Waals surface area contributed by atoms with Crippen LogP contribution in [0.25, 0.3) is 0 Å². The van der Waals surface area contributed by atoms with Gasteiger partial charge in [-0.15, -0.1) is 0 Å². The largest absolute Gasteiger partial charge is 0.377 e. The number of piperidine rings is 1. The van der Waals surface area contributed by atoms with Crippen LogP contribution in [0.15, 0.2) is 11.6 Å². The first-order valence-electron chi connectivity index (χ1n) is 7.20. The third-order valence-electron chi connectivity index (χ3n) is 4.38. The van der Waals surface area contributed by atoms with Crippen LogP contribution in [0.1, 0.15) is 25.7 Å². The summed E-state index contributed by atoms with van der Waals surface area (Å²) < 4.78 is 11.0. The van der Waals surface area contributed by atoms with Crippen molar-refractivity contribution in [1.82, 2.24) is 10.2 Å². The number of amides is 2. The average molecular weight is 266 g/mol. The molecule has 0 bridgehead atoms. The molecule has 3 aliphatic heterocycles. The maximum Gasteiger partial charge on any atom is 0.317 e. The molecular formula is C14H22N2O3. The van der Waals surface area contributed by atoms with Gasteiger partial charge in [-0.2, -0.15) is 0 Å². The number of carbonyl (C=O) groups excluding carboxylic acids is 1. The van der Waals surface area contributed by atoms with Gasteiger partial charge in [-0.05, 0) is 31.3 Å². The zero-order valence-electron chi connectivity index (χ0n) is 11.3. The SMILES string of the molecule is O=C(NCC1=CCCOC1)N1CCC2(CCO2)CC1. The number of carbonyl (C=O) groups is 1. The molecular weight excluding hydrogens is 244 g/mol. The lowest BCUT2D eigenvalue weighted by atomic mass is 9.84. The topological polar surface area (TPSA) is 50.8 Å². The first-order chi connectivity index (χ1) is 9.27.